The highest BCUT2D eigenvalue weighted by Gasteiger charge is 2.37. The highest BCUT2D eigenvalue weighted by molar-refractivity contribution is 6.30. The van der Waals surface area contributed by atoms with Gasteiger partial charge in [-0.1, -0.05) is 35.9 Å². The van der Waals surface area contributed by atoms with E-state index in [9.17, 15) is 9.59 Å². The van der Waals surface area contributed by atoms with Gasteiger partial charge in [-0.3, -0.25) is 0 Å². The third-order valence-corrected chi connectivity index (χ3v) is 6.03. The SMILES string of the molecule is CCOC(=O)C1=C(C)NC(C)=C(C(=O)OCC)C1c1ccc(Oc2cc(Cl)nc3ccccc23)cc1. The maximum atomic E-state index is 13.0. The van der Waals surface area contributed by atoms with Crippen LogP contribution in [-0.4, -0.2) is 30.1 Å². The Labute approximate surface area is 214 Å². The topological polar surface area (TPSA) is 86.8 Å². The Morgan fingerprint density at radius 2 is 1.50 bits per heavy atom. The van der Waals surface area contributed by atoms with Crippen molar-refractivity contribution in [3.05, 3.63) is 87.9 Å². The molecular formula is C28H27ClN2O5. The number of nitrogens with one attached hydrogen (secondary N) is 1. The molecule has 0 fully saturated rings. The second-order valence-corrected chi connectivity index (χ2v) is 8.59. The zero-order valence-electron chi connectivity index (χ0n) is 20.6. The number of aromatic nitrogens is 1. The van der Waals surface area contributed by atoms with Crippen LogP contribution < -0.4 is 10.1 Å². The Morgan fingerprint density at radius 1 is 0.917 bits per heavy atom. The lowest BCUT2D eigenvalue weighted by atomic mass is 9.80. The molecule has 0 saturated heterocycles. The predicted octanol–water partition coefficient (Wildman–Crippen LogP) is 6.04. The van der Waals surface area contributed by atoms with E-state index in [2.05, 4.69) is 10.3 Å². The number of rotatable bonds is 7. The summed E-state index contributed by atoms with van der Waals surface area (Å²) < 4.78 is 16.8. The van der Waals surface area contributed by atoms with Crippen molar-refractivity contribution in [3.8, 4) is 11.5 Å². The third-order valence-electron chi connectivity index (χ3n) is 5.84. The summed E-state index contributed by atoms with van der Waals surface area (Å²) in [4.78, 5) is 30.2. The van der Waals surface area contributed by atoms with Gasteiger partial charge in [0.1, 0.15) is 16.7 Å². The van der Waals surface area contributed by atoms with Crippen LogP contribution in [0.4, 0.5) is 0 Å². The van der Waals surface area contributed by atoms with Gasteiger partial charge in [-0.25, -0.2) is 14.6 Å². The number of hydrogen-bond donors (Lipinski definition) is 1. The minimum Gasteiger partial charge on any atom is -0.463 e. The molecule has 0 spiro atoms. The fraction of sp³-hybridized carbons (Fsp3) is 0.250. The van der Waals surface area contributed by atoms with E-state index in [0.717, 1.165) is 16.5 Å². The molecule has 0 saturated carbocycles. The van der Waals surface area contributed by atoms with Crippen LogP contribution in [0.3, 0.4) is 0 Å². The number of fused-ring (bicyclic) bond motifs is 1. The number of nitrogens with zero attached hydrogens (tertiary/aromatic N) is 1. The maximum Gasteiger partial charge on any atom is 0.336 e. The van der Waals surface area contributed by atoms with Crippen molar-refractivity contribution < 1.29 is 23.8 Å². The molecule has 36 heavy (non-hydrogen) atoms. The summed E-state index contributed by atoms with van der Waals surface area (Å²) in [6.45, 7) is 7.51. The number of allylic oxidation sites excluding steroid dienone is 2. The Hall–Kier alpha value is -3.84. The Morgan fingerprint density at radius 3 is 2.08 bits per heavy atom. The summed E-state index contributed by atoms with van der Waals surface area (Å²) in [5.41, 5.74) is 3.44. The van der Waals surface area contributed by atoms with Gasteiger partial charge in [0.2, 0.25) is 0 Å². The molecule has 0 amide bonds. The molecule has 2 heterocycles. The van der Waals surface area contributed by atoms with Crippen molar-refractivity contribution in [2.24, 2.45) is 0 Å². The largest absolute Gasteiger partial charge is 0.463 e. The quantitative estimate of drug-likeness (QED) is 0.308. The molecule has 0 bridgehead atoms. The van der Waals surface area contributed by atoms with Crippen LogP contribution in [0.15, 0.2) is 77.1 Å². The van der Waals surface area contributed by atoms with Gasteiger partial charge in [0.15, 0.2) is 0 Å². The molecule has 4 rings (SSSR count). The van der Waals surface area contributed by atoms with Crippen molar-refractivity contribution >= 4 is 34.4 Å². The van der Waals surface area contributed by atoms with E-state index in [-0.39, 0.29) is 13.2 Å². The van der Waals surface area contributed by atoms with Gasteiger partial charge in [0.05, 0.1) is 35.8 Å². The van der Waals surface area contributed by atoms with Crippen LogP contribution >= 0.6 is 11.6 Å². The van der Waals surface area contributed by atoms with E-state index in [1.807, 2.05) is 36.4 Å². The number of dihydropyridines is 1. The molecule has 1 aromatic heterocycles. The summed E-state index contributed by atoms with van der Waals surface area (Å²) in [7, 11) is 0. The summed E-state index contributed by atoms with van der Waals surface area (Å²) in [6.07, 6.45) is 0. The van der Waals surface area contributed by atoms with E-state index in [1.165, 1.54) is 0 Å². The molecule has 8 heteroatoms. The number of carbonyl (C=O) groups is 2. The number of ether oxygens (including phenoxy) is 3. The zero-order chi connectivity index (χ0) is 25.8. The van der Waals surface area contributed by atoms with Gasteiger partial charge >= 0.3 is 11.9 Å². The lowest BCUT2D eigenvalue weighted by Crippen LogP contribution is -2.32. The van der Waals surface area contributed by atoms with Crippen LogP contribution in [0.1, 0.15) is 39.2 Å². The Bertz CT molecular complexity index is 1340. The fourth-order valence-corrected chi connectivity index (χ4v) is 4.53. The Balaban J connectivity index is 1.73. The van der Waals surface area contributed by atoms with Crippen molar-refractivity contribution in [1.29, 1.82) is 0 Å². The molecule has 0 unspecified atom stereocenters. The zero-order valence-corrected chi connectivity index (χ0v) is 21.3. The fourth-order valence-electron chi connectivity index (χ4n) is 4.34. The number of hydrogen-bond acceptors (Lipinski definition) is 7. The van der Waals surface area contributed by atoms with Gasteiger partial charge < -0.3 is 19.5 Å². The first-order chi connectivity index (χ1) is 17.3. The Kier molecular flexibility index (Phi) is 7.60. The second-order valence-electron chi connectivity index (χ2n) is 8.21. The molecule has 1 aliphatic rings. The molecule has 1 N–H and O–H groups in total. The average molecular weight is 507 g/mol. The van der Waals surface area contributed by atoms with Crippen molar-refractivity contribution in [2.45, 2.75) is 33.6 Å². The summed E-state index contributed by atoms with van der Waals surface area (Å²) >= 11 is 6.19. The van der Waals surface area contributed by atoms with Gasteiger partial charge in [-0.15, -0.1) is 0 Å². The maximum absolute atomic E-state index is 13.0. The molecule has 3 aromatic rings. The smallest absolute Gasteiger partial charge is 0.336 e. The van der Waals surface area contributed by atoms with Crippen molar-refractivity contribution in [1.82, 2.24) is 10.3 Å². The van der Waals surface area contributed by atoms with E-state index in [0.29, 0.717) is 39.2 Å². The van der Waals surface area contributed by atoms with Gasteiger partial charge in [-0.05, 0) is 57.5 Å². The van der Waals surface area contributed by atoms with Crippen molar-refractivity contribution in [2.75, 3.05) is 13.2 Å². The summed E-state index contributed by atoms with van der Waals surface area (Å²) in [5.74, 6) is -0.488. The summed E-state index contributed by atoms with van der Waals surface area (Å²) in [5, 5.41) is 4.30. The van der Waals surface area contributed by atoms with Crippen LogP contribution in [0.25, 0.3) is 10.9 Å². The average Bonchev–Trinajstić information content (AvgIpc) is 2.84. The van der Waals surface area contributed by atoms with Gasteiger partial charge in [-0.2, -0.15) is 0 Å². The number of halogens is 1. The monoisotopic (exact) mass is 506 g/mol. The molecule has 0 aliphatic carbocycles. The normalized spacial score (nSPS) is 14.0. The number of benzene rings is 2. The minimum absolute atomic E-state index is 0.217. The first-order valence-electron chi connectivity index (χ1n) is 11.7. The molecule has 0 radical (unpaired) electrons. The standard InChI is InChI=1S/C28H27ClN2O5/c1-5-34-27(32)24-16(3)30-17(4)25(28(33)35-6-2)26(24)18-11-13-19(14-12-18)36-22-15-23(29)31-21-10-8-7-9-20(21)22/h7-15,26,30H,5-6H2,1-4H3. The highest BCUT2D eigenvalue weighted by Crippen LogP contribution is 2.40. The molecule has 186 valence electrons. The first kappa shape index (κ1) is 25.3. The molecule has 2 aromatic carbocycles. The van der Waals surface area contributed by atoms with E-state index in [4.69, 9.17) is 25.8 Å². The van der Waals surface area contributed by atoms with Crippen LogP contribution in [-0.2, 0) is 19.1 Å². The van der Waals surface area contributed by atoms with E-state index >= 15 is 0 Å². The van der Waals surface area contributed by atoms with Gasteiger partial charge in [0.25, 0.3) is 0 Å². The first-order valence-corrected chi connectivity index (χ1v) is 12.1. The van der Waals surface area contributed by atoms with Crippen molar-refractivity contribution in [3.63, 3.8) is 0 Å². The second kappa shape index (κ2) is 10.8. The number of carbonyl (C=O) groups excluding carboxylic acids is 2. The van der Waals surface area contributed by atoms with Crippen LogP contribution in [0, 0.1) is 0 Å². The van der Waals surface area contributed by atoms with E-state index in [1.54, 1.807) is 45.9 Å². The summed E-state index contributed by atoms with van der Waals surface area (Å²) in [6, 6.07) is 16.5. The number of para-hydroxylation sites is 1. The lowest BCUT2D eigenvalue weighted by molar-refractivity contribution is -0.139. The highest BCUT2D eigenvalue weighted by atomic mass is 35.5. The third kappa shape index (κ3) is 5.06. The van der Waals surface area contributed by atoms with Gasteiger partial charge in [0, 0.05) is 22.8 Å². The number of esters is 2. The molecule has 0 atom stereocenters. The molecular weight excluding hydrogens is 480 g/mol. The van der Waals surface area contributed by atoms with Crippen LogP contribution in [0.5, 0.6) is 11.5 Å². The molecule has 1 aliphatic heterocycles. The van der Waals surface area contributed by atoms with Crippen LogP contribution in [0.2, 0.25) is 5.15 Å². The predicted molar refractivity (Wildman–Crippen MR) is 138 cm³/mol. The number of pyridine rings is 1. The molecule has 7 nitrogen and oxygen atoms in total. The lowest BCUT2D eigenvalue weighted by Gasteiger charge is -2.30. The van der Waals surface area contributed by atoms with E-state index < -0.39 is 17.9 Å². The minimum atomic E-state index is -0.658.